The molecule has 0 aliphatic rings. The molecule has 37 valence electrons. The molecule has 0 aliphatic carbocycles. The minimum absolute atomic E-state index is 0.602. The lowest BCUT2D eigenvalue weighted by Gasteiger charge is -1.84. The SMILES string of the molecule is C=[C]C(=O)OC=C. The lowest BCUT2D eigenvalue weighted by Crippen LogP contribution is -1.91. The fraction of sp³-hybridized carbons (Fsp3) is 0. The van der Waals surface area contributed by atoms with Crippen molar-refractivity contribution in [1.82, 2.24) is 0 Å². The molecule has 2 nitrogen and oxygen atoms in total. The Morgan fingerprint density at radius 2 is 2.43 bits per heavy atom. The van der Waals surface area contributed by atoms with Crippen molar-refractivity contribution in [3.05, 3.63) is 25.5 Å². The van der Waals surface area contributed by atoms with E-state index in [1.165, 1.54) is 0 Å². The number of rotatable bonds is 2. The summed E-state index contributed by atoms with van der Waals surface area (Å²) in [7, 11) is 0. The van der Waals surface area contributed by atoms with Crippen molar-refractivity contribution in [3.8, 4) is 0 Å². The summed E-state index contributed by atoms with van der Waals surface area (Å²) in [6.45, 7) is 6.17. The molecule has 0 aromatic carbocycles. The Balaban J connectivity index is 3.36. The van der Waals surface area contributed by atoms with E-state index in [1.54, 1.807) is 0 Å². The Morgan fingerprint density at radius 3 is 2.57 bits per heavy atom. The predicted octanol–water partition coefficient (Wildman–Crippen LogP) is 0.662. The van der Waals surface area contributed by atoms with Crippen molar-refractivity contribution in [2.45, 2.75) is 0 Å². The Bertz CT molecular complexity index is 94.3. The Morgan fingerprint density at radius 1 is 1.86 bits per heavy atom. The molecule has 0 spiro atoms. The van der Waals surface area contributed by atoms with Gasteiger partial charge < -0.3 is 4.74 Å². The molecule has 0 aromatic heterocycles. The zero-order chi connectivity index (χ0) is 5.70. The fourth-order valence-electron chi connectivity index (χ4n) is 0.117. The predicted molar refractivity (Wildman–Crippen MR) is 25.2 cm³/mol. The van der Waals surface area contributed by atoms with Gasteiger partial charge in [0.2, 0.25) is 0 Å². The van der Waals surface area contributed by atoms with Gasteiger partial charge in [-0.25, -0.2) is 4.79 Å². The maximum absolute atomic E-state index is 9.94. The Kier molecular flexibility index (Phi) is 2.68. The van der Waals surface area contributed by atoms with E-state index >= 15 is 0 Å². The van der Waals surface area contributed by atoms with Crippen LogP contribution >= 0.6 is 0 Å². The van der Waals surface area contributed by atoms with Gasteiger partial charge in [0.05, 0.1) is 12.3 Å². The highest BCUT2D eigenvalue weighted by molar-refractivity contribution is 5.77. The highest BCUT2D eigenvalue weighted by atomic mass is 16.5. The van der Waals surface area contributed by atoms with Gasteiger partial charge >= 0.3 is 5.97 Å². The lowest BCUT2D eigenvalue weighted by molar-refractivity contribution is -0.133. The molecule has 0 saturated heterocycles. The monoisotopic (exact) mass is 97.0 g/mol. The van der Waals surface area contributed by atoms with Crippen molar-refractivity contribution >= 4 is 5.97 Å². The van der Waals surface area contributed by atoms with Gasteiger partial charge in [-0.2, -0.15) is 0 Å². The molecule has 0 aromatic rings. The Labute approximate surface area is 42.1 Å². The second-order valence-corrected chi connectivity index (χ2v) is 0.749. The Hall–Kier alpha value is -1.05. The molecule has 0 unspecified atom stereocenters. The third-order valence-electron chi connectivity index (χ3n) is 0.335. The average molecular weight is 97.1 g/mol. The van der Waals surface area contributed by atoms with Crippen LogP contribution in [-0.2, 0) is 9.53 Å². The van der Waals surface area contributed by atoms with E-state index in [1.807, 2.05) is 6.08 Å². The summed E-state index contributed by atoms with van der Waals surface area (Å²) >= 11 is 0. The summed E-state index contributed by atoms with van der Waals surface area (Å²) in [4.78, 5) is 9.94. The first-order valence-electron chi connectivity index (χ1n) is 1.66. The van der Waals surface area contributed by atoms with Crippen molar-refractivity contribution in [1.29, 1.82) is 0 Å². The van der Waals surface area contributed by atoms with Crippen LogP contribution in [0.4, 0.5) is 0 Å². The molecule has 0 bridgehead atoms. The molecule has 0 rings (SSSR count). The van der Waals surface area contributed by atoms with Crippen LogP contribution < -0.4 is 0 Å². The minimum atomic E-state index is -0.602. The van der Waals surface area contributed by atoms with Crippen LogP contribution in [-0.4, -0.2) is 5.97 Å². The first-order chi connectivity index (χ1) is 3.31. The number of hydrogen-bond acceptors (Lipinski definition) is 2. The van der Waals surface area contributed by atoms with E-state index in [2.05, 4.69) is 17.9 Å². The van der Waals surface area contributed by atoms with E-state index in [0.717, 1.165) is 6.26 Å². The number of carbonyl (C=O) groups excluding carboxylic acids is 1. The van der Waals surface area contributed by atoms with Gasteiger partial charge in [0, 0.05) is 0 Å². The molecule has 0 aliphatic heterocycles. The first-order valence-corrected chi connectivity index (χ1v) is 1.66. The molecule has 7 heavy (non-hydrogen) atoms. The standard InChI is InChI=1S/C5H5O2/c1-3-5(6)7-4-2/h4H,1-2H2. The minimum Gasteiger partial charge on any atom is -0.432 e. The zero-order valence-corrected chi connectivity index (χ0v) is 3.81. The third kappa shape index (κ3) is 2.76. The number of carbonyl (C=O) groups is 1. The molecule has 0 N–H and O–H groups in total. The van der Waals surface area contributed by atoms with Crippen molar-refractivity contribution in [2.75, 3.05) is 0 Å². The maximum atomic E-state index is 9.94. The summed E-state index contributed by atoms with van der Waals surface area (Å²) in [5.74, 6) is -0.602. The summed E-state index contributed by atoms with van der Waals surface area (Å²) in [5, 5.41) is 0. The van der Waals surface area contributed by atoms with Crippen molar-refractivity contribution < 1.29 is 9.53 Å². The smallest absolute Gasteiger partial charge is 0.343 e. The summed E-state index contributed by atoms with van der Waals surface area (Å²) in [5.41, 5.74) is 0. The molecule has 2 heteroatoms. The van der Waals surface area contributed by atoms with Crippen LogP contribution in [0, 0.1) is 6.08 Å². The van der Waals surface area contributed by atoms with Crippen LogP contribution in [0.15, 0.2) is 19.4 Å². The largest absolute Gasteiger partial charge is 0.432 e. The number of esters is 1. The molecule has 0 heterocycles. The molecular formula is C5H5O2. The topological polar surface area (TPSA) is 26.3 Å². The summed E-state index contributed by atoms with van der Waals surface area (Å²) < 4.78 is 4.14. The molecule has 0 atom stereocenters. The van der Waals surface area contributed by atoms with Gasteiger partial charge in [0.15, 0.2) is 0 Å². The zero-order valence-electron chi connectivity index (χ0n) is 3.81. The highest BCUT2D eigenvalue weighted by Crippen LogP contribution is 1.73. The maximum Gasteiger partial charge on any atom is 0.343 e. The summed E-state index contributed by atoms with van der Waals surface area (Å²) in [6.07, 6.45) is 3.01. The molecule has 1 radical (unpaired) electrons. The van der Waals surface area contributed by atoms with E-state index in [-0.39, 0.29) is 0 Å². The van der Waals surface area contributed by atoms with Gasteiger partial charge in [-0.1, -0.05) is 13.2 Å². The van der Waals surface area contributed by atoms with E-state index in [4.69, 9.17) is 0 Å². The van der Waals surface area contributed by atoms with Crippen LogP contribution in [0.25, 0.3) is 0 Å². The summed E-state index contributed by atoms with van der Waals surface area (Å²) in [6, 6.07) is 0. The van der Waals surface area contributed by atoms with Gasteiger partial charge in [0.25, 0.3) is 0 Å². The van der Waals surface area contributed by atoms with Crippen molar-refractivity contribution in [2.24, 2.45) is 0 Å². The highest BCUT2D eigenvalue weighted by Gasteiger charge is 1.86. The molecule has 0 saturated carbocycles. The second-order valence-electron chi connectivity index (χ2n) is 0.749. The van der Waals surface area contributed by atoms with E-state index in [0.29, 0.717) is 0 Å². The second kappa shape index (κ2) is 3.15. The molecule has 0 fully saturated rings. The van der Waals surface area contributed by atoms with Crippen LogP contribution in [0.5, 0.6) is 0 Å². The lowest BCUT2D eigenvalue weighted by atomic mass is 10.7. The quantitative estimate of drug-likeness (QED) is 0.287. The first kappa shape index (κ1) is 5.95. The van der Waals surface area contributed by atoms with E-state index < -0.39 is 5.97 Å². The van der Waals surface area contributed by atoms with E-state index in [9.17, 15) is 4.79 Å². The van der Waals surface area contributed by atoms with Crippen LogP contribution in [0.2, 0.25) is 0 Å². The van der Waals surface area contributed by atoms with Gasteiger partial charge in [-0.05, 0) is 0 Å². The fourth-order valence-corrected chi connectivity index (χ4v) is 0.117. The van der Waals surface area contributed by atoms with Gasteiger partial charge in [-0.3, -0.25) is 0 Å². The van der Waals surface area contributed by atoms with Crippen LogP contribution in [0.3, 0.4) is 0 Å². The third-order valence-corrected chi connectivity index (χ3v) is 0.335. The number of hydrogen-bond donors (Lipinski definition) is 0. The number of ether oxygens (including phenoxy) is 1. The van der Waals surface area contributed by atoms with Crippen LogP contribution in [0.1, 0.15) is 0 Å². The molecular weight excluding hydrogens is 92.1 g/mol. The van der Waals surface area contributed by atoms with Gasteiger partial charge in [-0.15, -0.1) is 0 Å². The normalized spacial score (nSPS) is 6.86. The van der Waals surface area contributed by atoms with Crippen molar-refractivity contribution in [3.63, 3.8) is 0 Å². The average Bonchev–Trinajstić information content (AvgIpc) is 1.68. The molecule has 0 amide bonds. The van der Waals surface area contributed by atoms with Gasteiger partial charge in [0.1, 0.15) is 0 Å².